The van der Waals surface area contributed by atoms with Gasteiger partial charge in [-0.3, -0.25) is 9.89 Å². The van der Waals surface area contributed by atoms with E-state index in [1.165, 1.54) is 4.88 Å². The molecular weight excluding hydrogens is 274 g/mol. The zero-order chi connectivity index (χ0) is 13.8. The summed E-state index contributed by atoms with van der Waals surface area (Å²) in [4.78, 5) is 13.5. The molecule has 3 heterocycles. The average Bonchev–Trinajstić information content (AvgIpc) is 3.19. The molecule has 1 unspecified atom stereocenters. The van der Waals surface area contributed by atoms with Crippen molar-refractivity contribution in [3.63, 3.8) is 0 Å². The molecule has 2 aromatic rings. The van der Waals surface area contributed by atoms with E-state index in [9.17, 15) is 4.79 Å². The summed E-state index contributed by atoms with van der Waals surface area (Å²) in [6.07, 6.45) is 3.41. The van der Waals surface area contributed by atoms with Crippen LogP contribution in [0.25, 0.3) is 0 Å². The topological polar surface area (TPSA) is 67.0 Å². The lowest BCUT2D eigenvalue weighted by Crippen LogP contribution is -2.26. The molecule has 1 fully saturated rings. The van der Waals surface area contributed by atoms with Gasteiger partial charge in [-0.05, 0) is 24.3 Å². The first-order valence-electron chi connectivity index (χ1n) is 6.76. The van der Waals surface area contributed by atoms with E-state index < -0.39 is 0 Å². The molecule has 1 amide bonds. The summed E-state index contributed by atoms with van der Waals surface area (Å²) >= 11 is 1.71. The molecule has 0 spiro atoms. The molecule has 1 saturated heterocycles. The maximum Gasteiger partial charge on any atom is 0.254 e. The van der Waals surface area contributed by atoms with Gasteiger partial charge in [0, 0.05) is 23.9 Å². The zero-order valence-electron chi connectivity index (χ0n) is 11.1. The fraction of sp³-hybridized carbons (Fsp3) is 0.429. The summed E-state index contributed by atoms with van der Waals surface area (Å²) in [6, 6.07) is 4.10. The number of nitrogens with one attached hydrogen (secondary N) is 2. The summed E-state index contributed by atoms with van der Waals surface area (Å²) in [5.41, 5.74) is 1.54. The molecule has 1 atom stereocenters. The monoisotopic (exact) mass is 291 g/mol. The summed E-state index contributed by atoms with van der Waals surface area (Å²) < 4.78 is 5.37. The van der Waals surface area contributed by atoms with Gasteiger partial charge in [-0.1, -0.05) is 6.07 Å². The van der Waals surface area contributed by atoms with Crippen LogP contribution in [-0.4, -0.2) is 35.9 Å². The molecule has 2 N–H and O–H groups in total. The highest BCUT2D eigenvalue weighted by Crippen LogP contribution is 2.25. The lowest BCUT2D eigenvalue weighted by Gasteiger charge is -2.08. The van der Waals surface area contributed by atoms with Crippen LogP contribution < -0.4 is 5.32 Å². The molecule has 106 valence electrons. The van der Waals surface area contributed by atoms with Crippen molar-refractivity contribution in [1.29, 1.82) is 0 Å². The molecule has 0 bridgehead atoms. The normalized spacial score (nSPS) is 18.3. The third-order valence-corrected chi connectivity index (χ3v) is 4.42. The van der Waals surface area contributed by atoms with Gasteiger partial charge in [-0.2, -0.15) is 5.10 Å². The van der Waals surface area contributed by atoms with Crippen LogP contribution in [0, 0.1) is 0 Å². The Morgan fingerprint density at radius 3 is 3.30 bits per heavy atom. The number of thiophene rings is 1. The van der Waals surface area contributed by atoms with E-state index >= 15 is 0 Å². The van der Waals surface area contributed by atoms with Gasteiger partial charge >= 0.3 is 0 Å². The number of carbonyl (C=O) groups excluding carboxylic acids is 1. The quantitative estimate of drug-likeness (QED) is 0.885. The molecule has 2 aromatic heterocycles. The summed E-state index contributed by atoms with van der Waals surface area (Å²) in [5, 5.41) is 12.0. The molecule has 3 rings (SSSR count). The molecule has 20 heavy (non-hydrogen) atoms. The summed E-state index contributed by atoms with van der Waals surface area (Å²) in [5.74, 6) is 0.202. The number of rotatable bonds is 5. The predicted molar refractivity (Wildman–Crippen MR) is 77.1 cm³/mol. The van der Waals surface area contributed by atoms with E-state index in [4.69, 9.17) is 4.74 Å². The Hall–Kier alpha value is -1.66. The highest BCUT2D eigenvalue weighted by molar-refractivity contribution is 7.09. The highest BCUT2D eigenvalue weighted by atomic mass is 32.1. The first-order valence-corrected chi connectivity index (χ1v) is 7.64. The summed E-state index contributed by atoms with van der Waals surface area (Å²) in [6.45, 7) is 2.06. The van der Waals surface area contributed by atoms with Gasteiger partial charge in [-0.25, -0.2) is 0 Å². The zero-order valence-corrected chi connectivity index (χ0v) is 11.9. The molecule has 5 nitrogen and oxygen atoms in total. The smallest absolute Gasteiger partial charge is 0.254 e. The van der Waals surface area contributed by atoms with Crippen LogP contribution in [-0.2, 0) is 11.2 Å². The van der Waals surface area contributed by atoms with Crippen molar-refractivity contribution in [1.82, 2.24) is 15.5 Å². The number of H-pyrrole nitrogens is 1. The van der Waals surface area contributed by atoms with Gasteiger partial charge in [0.25, 0.3) is 5.91 Å². The van der Waals surface area contributed by atoms with Crippen molar-refractivity contribution in [2.24, 2.45) is 0 Å². The maximum absolute atomic E-state index is 12.2. The highest BCUT2D eigenvalue weighted by Gasteiger charge is 2.24. The SMILES string of the molecule is O=C(NCCc1cccs1)c1cn[nH]c1C1CCOC1. The third-order valence-electron chi connectivity index (χ3n) is 3.49. The Morgan fingerprint density at radius 2 is 2.55 bits per heavy atom. The van der Waals surface area contributed by atoms with E-state index in [1.54, 1.807) is 17.5 Å². The lowest BCUT2D eigenvalue weighted by molar-refractivity contribution is 0.0952. The third kappa shape index (κ3) is 2.91. The van der Waals surface area contributed by atoms with Crippen LogP contribution in [0.15, 0.2) is 23.7 Å². The van der Waals surface area contributed by atoms with Crippen molar-refractivity contribution in [3.8, 4) is 0 Å². The van der Waals surface area contributed by atoms with Crippen molar-refractivity contribution >= 4 is 17.2 Å². The number of aromatic nitrogens is 2. The van der Waals surface area contributed by atoms with Crippen molar-refractivity contribution in [2.45, 2.75) is 18.8 Å². The van der Waals surface area contributed by atoms with E-state index in [-0.39, 0.29) is 11.8 Å². The molecule has 1 aliphatic heterocycles. The van der Waals surface area contributed by atoms with E-state index in [2.05, 4.69) is 21.6 Å². The fourth-order valence-corrected chi connectivity index (χ4v) is 3.11. The maximum atomic E-state index is 12.2. The second-order valence-electron chi connectivity index (χ2n) is 4.84. The molecule has 1 aliphatic rings. The lowest BCUT2D eigenvalue weighted by atomic mass is 10.0. The van der Waals surface area contributed by atoms with Gasteiger partial charge in [0.05, 0.1) is 24.1 Å². The van der Waals surface area contributed by atoms with Crippen LogP contribution >= 0.6 is 11.3 Å². The summed E-state index contributed by atoms with van der Waals surface area (Å²) in [7, 11) is 0. The molecule has 0 saturated carbocycles. The van der Waals surface area contributed by atoms with E-state index in [0.29, 0.717) is 18.7 Å². The number of nitrogens with zero attached hydrogens (tertiary/aromatic N) is 1. The van der Waals surface area contributed by atoms with Crippen LogP contribution in [0.4, 0.5) is 0 Å². The minimum absolute atomic E-state index is 0.0581. The second-order valence-corrected chi connectivity index (χ2v) is 5.88. The van der Waals surface area contributed by atoms with Crippen LogP contribution in [0.1, 0.15) is 33.3 Å². The Morgan fingerprint density at radius 1 is 1.60 bits per heavy atom. The Labute approximate surface area is 121 Å². The molecular formula is C14H17N3O2S. The number of amides is 1. The van der Waals surface area contributed by atoms with Crippen LogP contribution in [0.2, 0.25) is 0 Å². The standard InChI is InChI=1S/C14H17N3O2S/c18-14(15-5-3-11-2-1-7-20-11)12-8-16-17-13(12)10-4-6-19-9-10/h1-2,7-8,10H,3-6,9H2,(H,15,18)(H,16,17). The average molecular weight is 291 g/mol. The number of hydrogen-bond acceptors (Lipinski definition) is 4. The van der Waals surface area contributed by atoms with E-state index in [0.717, 1.165) is 25.1 Å². The number of carbonyl (C=O) groups is 1. The van der Waals surface area contributed by atoms with Gasteiger partial charge in [-0.15, -0.1) is 11.3 Å². The second kappa shape index (κ2) is 6.19. The van der Waals surface area contributed by atoms with Crippen molar-refractivity contribution < 1.29 is 9.53 Å². The van der Waals surface area contributed by atoms with Crippen molar-refractivity contribution in [2.75, 3.05) is 19.8 Å². The Bertz CT molecular complexity index is 559. The number of aromatic amines is 1. The largest absolute Gasteiger partial charge is 0.381 e. The molecule has 0 radical (unpaired) electrons. The molecule has 0 aromatic carbocycles. The molecule has 0 aliphatic carbocycles. The number of hydrogen-bond donors (Lipinski definition) is 2. The molecule has 6 heteroatoms. The van der Waals surface area contributed by atoms with Crippen LogP contribution in [0.5, 0.6) is 0 Å². The van der Waals surface area contributed by atoms with E-state index in [1.807, 2.05) is 11.4 Å². The Kier molecular flexibility index (Phi) is 4.13. The van der Waals surface area contributed by atoms with Gasteiger partial charge in [0.15, 0.2) is 0 Å². The first kappa shape index (κ1) is 13.3. The van der Waals surface area contributed by atoms with Gasteiger partial charge in [0.1, 0.15) is 0 Å². The van der Waals surface area contributed by atoms with Crippen LogP contribution in [0.3, 0.4) is 0 Å². The Balaban J connectivity index is 1.58. The predicted octanol–water partition coefficient (Wildman–Crippen LogP) is 1.95. The van der Waals surface area contributed by atoms with Gasteiger partial charge < -0.3 is 10.1 Å². The number of ether oxygens (including phenoxy) is 1. The minimum atomic E-state index is -0.0581. The van der Waals surface area contributed by atoms with Crippen molar-refractivity contribution in [3.05, 3.63) is 39.8 Å². The first-order chi connectivity index (χ1) is 9.84. The fourth-order valence-electron chi connectivity index (χ4n) is 2.40. The minimum Gasteiger partial charge on any atom is -0.381 e. The van der Waals surface area contributed by atoms with Gasteiger partial charge in [0.2, 0.25) is 0 Å².